The van der Waals surface area contributed by atoms with Crippen LogP contribution in [0.5, 0.6) is 5.75 Å². The van der Waals surface area contributed by atoms with Gasteiger partial charge >= 0.3 is 0 Å². The third-order valence-corrected chi connectivity index (χ3v) is 3.78. The second kappa shape index (κ2) is 8.15. The minimum atomic E-state index is 0.359. The van der Waals surface area contributed by atoms with E-state index in [0.29, 0.717) is 12.6 Å². The minimum Gasteiger partial charge on any atom is -0.495 e. The molecule has 102 valence electrons. The number of halogens is 2. The Labute approximate surface area is 125 Å². The first-order chi connectivity index (χ1) is 8.62. The van der Waals surface area contributed by atoms with Crippen molar-refractivity contribution in [3.63, 3.8) is 0 Å². The number of benzene rings is 1. The van der Waals surface area contributed by atoms with Gasteiger partial charge in [-0.25, -0.2) is 0 Å². The Bertz CT molecular complexity index is 385. The van der Waals surface area contributed by atoms with Crippen molar-refractivity contribution in [2.45, 2.75) is 25.9 Å². The van der Waals surface area contributed by atoms with Gasteiger partial charge in [-0.2, -0.15) is 0 Å². The zero-order valence-electron chi connectivity index (χ0n) is 10.9. The molecule has 0 radical (unpaired) electrons. The molecule has 18 heavy (non-hydrogen) atoms. The van der Waals surface area contributed by atoms with E-state index >= 15 is 0 Å². The van der Waals surface area contributed by atoms with Gasteiger partial charge in [0, 0.05) is 29.7 Å². The molecule has 0 aromatic heterocycles. The zero-order chi connectivity index (χ0) is 13.5. The van der Waals surface area contributed by atoms with Crippen LogP contribution in [-0.2, 0) is 11.3 Å². The Hall–Kier alpha value is -0.100. The summed E-state index contributed by atoms with van der Waals surface area (Å²) >= 11 is 7.00. The Morgan fingerprint density at radius 1 is 1.28 bits per heavy atom. The molecule has 1 N–H and O–H groups in total. The number of ether oxygens (including phenoxy) is 2. The highest BCUT2D eigenvalue weighted by molar-refractivity contribution is 9.11. The lowest BCUT2D eigenvalue weighted by molar-refractivity contribution is 0.163. The summed E-state index contributed by atoms with van der Waals surface area (Å²) in [5.41, 5.74) is 1.12. The first-order valence-corrected chi connectivity index (χ1v) is 7.45. The van der Waals surface area contributed by atoms with E-state index < -0.39 is 0 Å². The van der Waals surface area contributed by atoms with Crippen LogP contribution in [0.15, 0.2) is 21.1 Å². The molecule has 0 aliphatic carbocycles. The van der Waals surface area contributed by atoms with E-state index in [2.05, 4.69) is 50.2 Å². The van der Waals surface area contributed by atoms with Crippen LogP contribution in [0.4, 0.5) is 0 Å². The standard InChI is InChI=1S/C13H19Br2NO2/c1-4-11(8-17-2)16-7-9-5-10(14)6-12(15)13(9)18-3/h5-6,11,16H,4,7-8H2,1-3H3. The van der Waals surface area contributed by atoms with E-state index in [4.69, 9.17) is 9.47 Å². The largest absolute Gasteiger partial charge is 0.495 e. The molecule has 0 amide bonds. The lowest BCUT2D eigenvalue weighted by Gasteiger charge is -2.18. The Morgan fingerprint density at radius 2 is 2.00 bits per heavy atom. The zero-order valence-corrected chi connectivity index (χ0v) is 14.1. The topological polar surface area (TPSA) is 30.5 Å². The number of methoxy groups -OCH3 is 2. The van der Waals surface area contributed by atoms with Crippen LogP contribution in [0.2, 0.25) is 0 Å². The fourth-order valence-electron chi connectivity index (χ4n) is 1.75. The van der Waals surface area contributed by atoms with Crippen LogP contribution >= 0.6 is 31.9 Å². The molecule has 0 heterocycles. The molecule has 0 aliphatic rings. The summed E-state index contributed by atoms with van der Waals surface area (Å²) in [5.74, 6) is 0.873. The fraction of sp³-hybridized carbons (Fsp3) is 0.538. The van der Waals surface area contributed by atoms with Crippen LogP contribution < -0.4 is 10.1 Å². The molecule has 1 unspecified atom stereocenters. The normalized spacial score (nSPS) is 12.5. The quantitative estimate of drug-likeness (QED) is 0.781. The first-order valence-electron chi connectivity index (χ1n) is 5.86. The van der Waals surface area contributed by atoms with Crippen molar-refractivity contribution in [1.82, 2.24) is 5.32 Å². The maximum absolute atomic E-state index is 5.42. The summed E-state index contributed by atoms with van der Waals surface area (Å²) in [4.78, 5) is 0. The SMILES string of the molecule is CCC(COC)NCc1cc(Br)cc(Br)c1OC. The van der Waals surface area contributed by atoms with Crippen molar-refractivity contribution in [3.8, 4) is 5.75 Å². The van der Waals surface area contributed by atoms with Gasteiger partial charge in [0.25, 0.3) is 0 Å². The highest BCUT2D eigenvalue weighted by Gasteiger charge is 2.11. The van der Waals surface area contributed by atoms with Gasteiger partial charge in [-0.05, 0) is 34.5 Å². The third-order valence-electron chi connectivity index (χ3n) is 2.73. The lowest BCUT2D eigenvalue weighted by atomic mass is 10.1. The van der Waals surface area contributed by atoms with Gasteiger partial charge in [0.15, 0.2) is 0 Å². The van der Waals surface area contributed by atoms with Crippen LogP contribution in [-0.4, -0.2) is 26.9 Å². The first kappa shape index (κ1) is 16.0. The van der Waals surface area contributed by atoms with Gasteiger partial charge in [-0.3, -0.25) is 0 Å². The number of rotatable bonds is 7. The molecule has 0 bridgehead atoms. The van der Waals surface area contributed by atoms with E-state index in [0.717, 1.165) is 33.2 Å². The van der Waals surface area contributed by atoms with E-state index in [1.54, 1.807) is 14.2 Å². The highest BCUT2D eigenvalue weighted by Crippen LogP contribution is 2.32. The monoisotopic (exact) mass is 379 g/mol. The van der Waals surface area contributed by atoms with E-state index in [-0.39, 0.29) is 0 Å². The van der Waals surface area contributed by atoms with Gasteiger partial charge in [0.1, 0.15) is 5.75 Å². The van der Waals surface area contributed by atoms with Crippen LogP contribution in [0.3, 0.4) is 0 Å². The molecular formula is C13H19Br2NO2. The van der Waals surface area contributed by atoms with Crippen molar-refractivity contribution in [2.75, 3.05) is 20.8 Å². The van der Waals surface area contributed by atoms with Gasteiger partial charge in [-0.1, -0.05) is 22.9 Å². The summed E-state index contributed by atoms with van der Waals surface area (Å²) in [7, 11) is 3.41. The molecule has 1 atom stereocenters. The molecule has 1 aromatic rings. The van der Waals surface area contributed by atoms with E-state index in [9.17, 15) is 0 Å². The smallest absolute Gasteiger partial charge is 0.137 e. The lowest BCUT2D eigenvalue weighted by Crippen LogP contribution is -2.32. The van der Waals surface area contributed by atoms with Crippen molar-refractivity contribution >= 4 is 31.9 Å². The molecule has 0 aliphatic heterocycles. The molecule has 3 nitrogen and oxygen atoms in total. The van der Waals surface area contributed by atoms with Crippen LogP contribution in [0.25, 0.3) is 0 Å². The van der Waals surface area contributed by atoms with Crippen molar-refractivity contribution < 1.29 is 9.47 Å². The predicted molar refractivity (Wildman–Crippen MR) is 81.2 cm³/mol. The molecule has 1 aromatic carbocycles. The Morgan fingerprint density at radius 3 is 2.56 bits per heavy atom. The van der Waals surface area contributed by atoms with Crippen molar-refractivity contribution in [2.24, 2.45) is 0 Å². The fourth-order valence-corrected chi connectivity index (χ4v) is 3.23. The summed E-state index contributed by atoms with van der Waals surface area (Å²) < 4.78 is 12.6. The average Bonchev–Trinajstić information content (AvgIpc) is 2.33. The van der Waals surface area contributed by atoms with Crippen molar-refractivity contribution in [1.29, 1.82) is 0 Å². The van der Waals surface area contributed by atoms with Gasteiger partial charge < -0.3 is 14.8 Å². The molecule has 0 spiro atoms. The van der Waals surface area contributed by atoms with Crippen LogP contribution in [0, 0.1) is 0 Å². The minimum absolute atomic E-state index is 0.359. The molecular weight excluding hydrogens is 362 g/mol. The second-order valence-corrected chi connectivity index (χ2v) is 5.79. The molecule has 1 rings (SSSR count). The molecule has 0 saturated carbocycles. The predicted octanol–water partition coefficient (Wildman–Crippen LogP) is 3.73. The second-order valence-electron chi connectivity index (χ2n) is 4.02. The molecule has 5 heteroatoms. The number of hydrogen-bond acceptors (Lipinski definition) is 3. The number of hydrogen-bond donors (Lipinski definition) is 1. The summed E-state index contributed by atoms with van der Waals surface area (Å²) in [6, 6.07) is 4.41. The maximum atomic E-state index is 5.42. The van der Waals surface area contributed by atoms with E-state index in [1.165, 1.54) is 0 Å². The Kier molecular flexibility index (Phi) is 7.22. The Balaban J connectivity index is 2.77. The molecule has 0 fully saturated rings. The highest BCUT2D eigenvalue weighted by atomic mass is 79.9. The van der Waals surface area contributed by atoms with Gasteiger partial charge in [0.2, 0.25) is 0 Å². The van der Waals surface area contributed by atoms with Crippen LogP contribution in [0.1, 0.15) is 18.9 Å². The summed E-state index contributed by atoms with van der Waals surface area (Å²) in [6.07, 6.45) is 1.03. The summed E-state index contributed by atoms with van der Waals surface area (Å²) in [6.45, 7) is 3.61. The number of nitrogens with one attached hydrogen (secondary N) is 1. The van der Waals surface area contributed by atoms with E-state index in [1.807, 2.05) is 6.07 Å². The third kappa shape index (κ3) is 4.53. The molecule has 0 saturated heterocycles. The maximum Gasteiger partial charge on any atom is 0.137 e. The van der Waals surface area contributed by atoms with Crippen molar-refractivity contribution in [3.05, 3.63) is 26.6 Å². The van der Waals surface area contributed by atoms with Gasteiger partial charge in [-0.15, -0.1) is 0 Å². The summed E-state index contributed by atoms with van der Waals surface area (Å²) in [5, 5.41) is 3.47. The average molecular weight is 381 g/mol. The van der Waals surface area contributed by atoms with Gasteiger partial charge in [0.05, 0.1) is 18.2 Å².